The van der Waals surface area contributed by atoms with Crippen LogP contribution >= 0.6 is 0 Å². The molecular formula is C19H19NO. The van der Waals surface area contributed by atoms with Crippen molar-refractivity contribution in [3.05, 3.63) is 84.1 Å². The van der Waals surface area contributed by atoms with E-state index in [1.54, 1.807) is 0 Å². The van der Waals surface area contributed by atoms with Crippen molar-refractivity contribution in [2.24, 2.45) is 0 Å². The van der Waals surface area contributed by atoms with Crippen molar-refractivity contribution in [3.63, 3.8) is 0 Å². The molecule has 0 aliphatic rings. The number of furan rings is 1. The van der Waals surface area contributed by atoms with Crippen LogP contribution in [0.5, 0.6) is 0 Å². The number of benzene rings is 2. The molecule has 2 nitrogen and oxygen atoms in total. The lowest BCUT2D eigenvalue weighted by molar-refractivity contribution is 0.468. The van der Waals surface area contributed by atoms with Crippen molar-refractivity contribution in [1.82, 2.24) is 5.32 Å². The topological polar surface area (TPSA) is 25.2 Å². The smallest absolute Gasteiger partial charge is 0.134 e. The van der Waals surface area contributed by atoms with Crippen molar-refractivity contribution in [2.45, 2.75) is 19.5 Å². The highest BCUT2D eigenvalue weighted by Crippen LogP contribution is 2.22. The van der Waals surface area contributed by atoms with E-state index in [-0.39, 0.29) is 0 Å². The second-order valence-corrected chi connectivity index (χ2v) is 5.15. The lowest BCUT2D eigenvalue weighted by atomic mass is 10.1. The predicted octanol–water partition coefficient (Wildman–Crippen LogP) is 4.80. The Bertz CT molecular complexity index is 673. The van der Waals surface area contributed by atoms with Crippen LogP contribution in [0, 0.1) is 0 Å². The number of rotatable bonds is 5. The van der Waals surface area contributed by atoms with Gasteiger partial charge in [0.1, 0.15) is 11.5 Å². The molecule has 0 aliphatic heterocycles. The van der Waals surface area contributed by atoms with Gasteiger partial charge in [-0.1, -0.05) is 60.7 Å². The Hall–Kier alpha value is -2.32. The van der Waals surface area contributed by atoms with E-state index >= 15 is 0 Å². The van der Waals surface area contributed by atoms with Crippen LogP contribution in [0.4, 0.5) is 0 Å². The molecule has 1 aromatic heterocycles. The Balaban J connectivity index is 1.63. The molecule has 2 aromatic carbocycles. The van der Waals surface area contributed by atoms with E-state index in [0.717, 1.165) is 23.6 Å². The molecule has 1 N–H and O–H groups in total. The highest BCUT2D eigenvalue weighted by Gasteiger charge is 2.07. The molecular weight excluding hydrogens is 258 g/mol. The van der Waals surface area contributed by atoms with Crippen LogP contribution in [0.2, 0.25) is 0 Å². The molecule has 21 heavy (non-hydrogen) atoms. The molecule has 3 rings (SSSR count). The minimum atomic E-state index is 0.302. The van der Waals surface area contributed by atoms with Gasteiger partial charge < -0.3 is 9.73 Å². The Labute approximate surface area is 125 Å². The van der Waals surface area contributed by atoms with Gasteiger partial charge in [-0.2, -0.15) is 0 Å². The summed E-state index contributed by atoms with van der Waals surface area (Å²) < 4.78 is 5.89. The number of nitrogens with one attached hydrogen (secondary N) is 1. The SMILES string of the molecule is C[C@@H](NCc1ccc(-c2ccccc2)o1)c1ccccc1. The lowest BCUT2D eigenvalue weighted by Crippen LogP contribution is -2.17. The van der Waals surface area contributed by atoms with Gasteiger partial charge >= 0.3 is 0 Å². The molecule has 0 unspecified atom stereocenters. The van der Waals surface area contributed by atoms with Gasteiger partial charge in [0.15, 0.2) is 0 Å². The molecule has 0 radical (unpaired) electrons. The summed E-state index contributed by atoms with van der Waals surface area (Å²) in [5.41, 5.74) is 2.40. The maximum atomic E-state index is 5.89. The van der Waals surface area contributed by atoms with Gasteiger partial charge in [-0.3, -0.25) is 0 Å². The second-order valence-electron chi connectivity index (χ2n) is 5.15. The first-order chi connectivity index (χ1) is 10.3. The monoisotopic (exact) mass is 277 g/mol. The highest BCUT2D eigenvalue weighted by molar-refractivity contribution is 5.57. The summed E-state index contributed by atoms with van der Waals surface area (Å²) in [5, 5.41) is 3.49. The summed E-state index contributed by atoms with van der Waals surface area (Å²) in [6.07, 6.45) is 0. The summed E-state index contributed by atoms with van der Waals surface area (Å²) in [5.74, 6) is 1.87. The third-order valence-electron chi connectivity index (χ3n) is 3.60. The molecule has 0 aliphatic carbocycles. The molecule has 0 spiro atoms. The molecule has 3 aromatic rings. The van der Waals surface area contributed by atoms with Crippen LogP contribution in [-0.2, 0) is 6.54 Å². The molecule has 0 bridgehead atoms. The standard InChI is InChI=1S/C19H19NO/c1-15(16-8-4-2-5-9-16)20-14-18-12-13-19(21-18)17-10-6-3-7-11-17/h2-13,15,20H,14H2,1H3/t15-/m1/s1. The normalized spacial score (nSPS) is 12.2. The third kappa shape index (κ3) is 3.41. The molecule has 0 amide bonds. The van der Waals surface area contributed by atoms with Crippen molar-refractivity contribution in [3.8, 4) is 11.3 Å². The molecule has 106 valence electrons. The van der Waals surface area contributed by atoms with Gasteiger partial charge in [-0.15, -0.1) is 0 Å². The maximum Gasteiger partial charge on any atom is 0.134 e. The van der Waals surface area contributed by atoms with E-state index < -0.39 is 0 Å². The molecule has 0 fully saturated rings. The van der Waals surface area contributed by atoms with Crippen molar-refractivity contribution >= 4 is 0 Å². The molecule has 2 heteroatoms. The summed E-state index contributed by atoms with van der Waals surface area (Å²) in [4.78, 5) is 0. The minimum absolute atomic E-state index is 0.302. The Kier molecular flexibility index (Phi) is 4.17. The first-order valence-corrected chi connectivity index (χ1v) is 7.25. The van der Waals surface area contributed by atoms with Crippen LogP contribution in [0.25, 0.3) is 11.3 Å². The first kappa shape index (κ1) is 13.7. The first-order valence-electron chi connectivity index (χ1n) is 7.25. The van der Waals surface area contributed by atoms with Gasteiger partial charge in [0, 0.05) is 11.6 Å². The average molecular weight is 277 g/mol. The van der Waals surface area contributed by atoms with Crippen LogP contribution in [-0.4, -0.2) is 0 Å². The second kappa shape index (κ2) is 6.42. The Morgan fingerprint density at radius 3 is 2.24 bits per heavy atom. The van der Waals surface area contributed by atoms with Crippen molar-refractivity contribution in [2.75, 3.05) is 0 Å². The van der Waals surface area contributed by atoms with E-state index in [0.29, 0.717) is 6.04 Å². The highest BCUT2D eigenvalue weighted by atomic mass is 16.3. The van der Waals surface area contributed by atoms with E-state index in [4.69, 9.17) is 4.42 Å². The largest absolute Gasteiger partial charge is 0.460 e. The zero-order valence-electron chi connectivity index (χ0n) is 12.1. The fraction of sp³-hybridized carbons (Fsp3) is 0.158. The van der Waals surface area contributed by atoms with E-state index in [1.165, 1.54) is 5.56 Å². The van der Waals surface area contributed by atoms with Crippen LogP contribution in [0.15, 0.2) is 77.2 Å². The fourth-order valence-corrected chi connectivity index (χ4v) is 2.34. The summed E-state index contributed by atoms with van der Waals surface area (Å²) in [6, 6.07) is 25.0. The van der Waals surface area contributed by atoms with E-state index in [1.807, 2.05) is 36.4 Å². The minimum Gasteiger partial charge on any atom is -0.460 e. The van der Waals surface area contributed by atoms with Gasteiger partial charge in [0.2, 0.25) is 0 Å². The lowest BCUT2D eigenvalue weighted by Gasteiger charge is -2.12. The number of hydrogen-bond acceptors (Lipinski definition) is 2. The van der Waals surface area contributed by atoms with Gasteiger partial charge in [-0.25, -0.2) is 0 Å². The van der Waals surface area contributed by atoms with Gasteiger partial charge in [-0.05, 0) is 24.6 Å². The van der Waals surface area contributed by atoms with Gasteiger partial charge in [0.05, 0.1) is 6.54 Å². The summed E-state index contributed by atoms with van der Waals surface area (Å²) >= 11 is 0. The molecule has 1 heterocycles. The van der Waals surface area contributed by atoms with Crippen molar-refractivity contribution in [1.29, 1.82) is 0 Å². The van der Waals surface area contributed by atoms with Crippen LogP contribution in [0.1, 0.15) is 24.3 Å². The quantitative estimate of drug-likeness (QED) is 0.725. The van der Waals surface area contributed by atoms with E-state index in [2.05, 4.69) is 48.6 Å². The fourth-order valence-electron chi connectivity index (χ4n) is 2.34. The van der Waals surface area contributed by atoms with E-state index in [9.17, 15) is 0 Å². The Morgan fingerprint density at radius 1 is 0.857 bits per heavy atom. The van der Waals surface area contributed by atoms with Crippen LogP contribution in [0.3, 0.4) is 0 Å². The predicted molar refractivity (Wildman–Crippen MR) is 85.8 cm³/mol. The Morgan fingerprint density at radius 2 is 1.52 bits per heavy atom. The zero-order chi connectivity index (χ0) is 14.5. The molecule has 1 atom stereocenters. The number of hydrogen-bond donors (Lipinski definition) is 1. The summed E-state index contributed by atoms with van der Waals surface area (Å²) in [6.45, 7) is 2.89. The summed E-state index contributed by atoms with van der Waals surface area (Å²) in [7, 11) is 0. The molecule has 0 saturated heterocycles. The van der Waals surface area contributed by atoms with Crippen LogP contribution < -0.4 is 5.32 Å². The maximum absolute atomic E-state index is 5.89. The molecule has 0 saturated carbocycles. The van der Waals surface area contributed by atoms with Crippen molar-refractivity contribution < 1.29 is 4.42 Å². The average Bonchev–Trinajstić information content (AvgIpc) is 3.03. The third-order valence-corrected chi connectivity index (χ3v) is 3.60. The zero-order valence-corrected chi connectivity index (χ0v) is 12.1. The van der Waals surface area contributed by atoms with Gasteiger partial charge in [0.25, 0.3) is 0 Å².